The second-order valence-electron chi connectivity index (χ2n) is 4.15. The molecule has 1 aromatic heterocycles. The van der Waals surface area contributed by atoms with Crippen molar-refractivity contribution in [3.8, 4) is 0 Å². The molecule has 3 N–H and O–H groups in total. The Morgan fingerprint density at radius 3 is 2.84 bits per heavy atom. The summed E-state index contributed by atoms with van der Waals surface area (Å²) >= 11 is 0. The number of carbonyl (C=O) groups excluding carboxylic acids is 1. The molecular formula is C11H20Cl2N4O2. The van der Waals surface area contributed by atoms with E-state index in [-0.39, 0.29) is 42.9 Å². The van der Waals surface area contributed by atoms with Gasteiger partial charge >= 0.3 is 0 Å². The summed E-state index contributed by atoms with van der Waals surface area (Å²) in [4.78, 5) is 15.7. The van der Waals surface area contributed by atoms with Crippen molar-refractivity contribution in [1.29, 1.82) is 0 Å². The Balaban J connectivity index is 0.00000162. The lowest BCUT2D eigenvalue weighted by molar-refractivity contribution is -0.131. The zero-order chi connectivity index (χ0) is 12.1. The van der Waals surface area contributed by atoms with E-state index in [0.717, 1.165) is 19.4 Å². The van der Waals surface area contributed by atoms with Crippen molar-refractivity contribution in [2.75, 3.05) is 13.1 Å². The van der Waals surface area contributed by atoms with Crippen LogP contribution in [0.15, 0.2) is 18.7 Å². The van der Waals surface area contributed by atoms with Crippen LogP contribution in [0.25, 0.3) is 0 Å². The molecule has 1 aromatic rings. The van der Waals surface area contributed by atoms with E-state index in [1.54, 1.807) is 12.5 Å². The molecule has 0 saturated carbocycles. The van der Waals surface area contributed by atoms with Crippen molar-refractivity contribution >= 4 is 30.7 Å². The Labute approximate surface area is 124 Å². The summed E-state index contributed by atoms with van der Waals surface area (Å²) in [5.74, 6) is -0.0407. The van der Waals surface area contributed by atoms with Gasteiger partial charge in [-0.25, -0.2) is 4.98 Å². The van der Waals surface area contributed by atoms with E-state index in [1.807, 2.05) is 10.8 Å². The average molecular weight is 311 g/mol. The molecule has 2 atom stereocenters. The number of halogens is 2. The molecule has 110 valence electrons. The molecule has 19 heavy (non-hydrogen) atoms. The monoisotopic (exact) mass is 310 g/mol. The summed E-state index contributed by atoms with van der Waals surface area (Å²) in [6.45, 7) is 1.79. The average Bonchev–Trinajstić information content (AvgIpc) is 2.99. The number of nitrogens with zero attached hydrogens (tertiary/aromatic N) is 2. The van der Waals surface area contributed by atoms with Gasteiger partial charge in [-0.1, -0.05) is 0 Å². The van der Waals surface area contributed by atoms with Crippen LogP contribution in [0.3, 0.4) is 0 Å². The smallest absolute Gasteiger partial charge is 0.249 e. The van der Waals surface area contributed by atoms with E-state index in [9.17, 15) is 4.79 Å². The second-order valence-corrected chi connectivity index (χ2v) is 4.15. The van der Waals surface area contributed by atoms with Crippen LogP contribution >= 0.6 is 24.8 Å². The molecule has 0 spiro atoms. The molecule has 1 fully saturated rings. The highest BCUT2D eigenvalue weighted by atomic mass is 35.5. The van der Waals surface area contributed by atoms with Crippen molar-refractivity contribution in [2.24, 2.45) is 5.73 Å². The summed E-state index contributed by atoms with van der Waals surface area (Å²) in [6, 6.07) is 0. The molecule has 0 bridgehead atoms. The maximum atomic E-state index is 11.7. The fraction of sp³-hybridized carbons (Fsp3) is 0.636. The van der Waals surface area contributed by atoms with E-state index >= 15 is 0 Å². The van der Waals surface area contributed by atoms with Crippen LogP contribution in [0.2, 0.25) is 0 Å². The molecule has 0 aliphatic carbocycles. The predicted octanol–water partition coefficient (Wildman–Crippen LogP) is 0.349. The standard InChI is InChI=1S/C11H18N4O2.2ClH/c12-7-9-1-2-10(17-9)11(16)14-4-6-15-5-3-13-8-15;;/h3,5,8-10H,1-2,4,6-7,12H2,(H,14,16);2*1H/t9-,10+;;/m1../s1. The lowest BCUT2D eigenvalue weighted by Crippen LogP contribution is -2.37. The zero-order valence-corrected chi connectivity index (χ0v) is 12.2. The van der Waals surface area contributed by atoms with E-state index in [1.165, 1.54) is 0 Å². The number of hydrogen-bond donors (Lipinski definition) is 2. The fourth-order valence-electron chi connectivity index (χ4n) is 1.91. The van der Waals surface area contributed by atoms with Gasteiger partial charge in [-0.2, -0.15) is 0 Å². The Hall–Kier alpha value is -0.820. The molecular weight excluding hydrogens is 291 g/mol. The van der Waals surface area contributed by atoms with E-state index in [4.69, 9.17) is 10.5 Å². The van der Waals surface area contributed by atoms with Gasteiger partial charge in [0, 0.05) is 32.0 Å². The van der Waals surface area contributed by atoms with Gasteiger partial charge in [0.1, 0.15) is 6.10 Å². The van der Waals surface area contributed by atoms with Crippen molar-refractivity contribution in [3.05, 3.63) is 18.7 Å². The first-order chi connectivity index (χ1) is 8.29. The largest absolute Gasteiger partial charge is 0.364 e. The van der Waals surface area contributed by atoms with Gasteiger partial charge in [-0.05, 0) is 12.8 Å². The maximum absolute atomic E-state index is 11.7. The zero-order valence-electron chi connectivity index (χ0n) is 10.5. The Morgan fingerprint density at radius 1 is 1.47 bits per heavy atom. The Kier molecular flexibility index (Phi) is 8.75. The van der Waals surface area contributed by atoms with Gasteiger partial charge in [0.25, 0.3) is 0 Å². The first-order valence-electron chi connectivity index (χ1n) is 5.88. The van der Waals surface area contributed by atoms with Gasteiger partial charge in [0.05, 0.1) is 12.4 Å². The molecule has 0 radical (unpaired) electrons. The van der Waals surface area contributed by atoms with E-state index in [2.05, 4.69) is 10.3 Å². The number of aromatic nitrogens is 2. The SMILES string of the molecule is Cl.Cl.NC[C@H]1CC[C@@H](C(=O)NCCn2ccnc2)O1. The summed E-state index contributed by atoms with van der Waals surface area (Å²) < 4.78 is 7.42. The molecule has 2 rings (SSSR count). The van der Waals surface area contributed by atoms with Gasteiger partial charge in [-0.3, -0.25) is 4.79 Å². The minimum Gasteiger partial charge on any atom is -0.364 e. The van der Waals surface area contributed by atoms with Gasteiger partial charge in [-0.15, -0.1) is 24.8 Å². The minimum absolute atomic E-state index is 0. The minimum atomic E-state index is -0.327. The third-order valence-electron chi connectivity index (χ3n) is 2.89. The first kappa shape index (κ1) is 18.2. The molecule has 1 saturated heterocycles. The van der Waals surface area contributed by atoms with Crippen LogP contribution in [-0.4, -0.2) is 40.8 Å². The molecule has 1 aliphatic rings. The van der Waals surface area contributed by atoms with Crippen LogP contribution in [0.4, 0.5) is 0 Å². The number of nitrogens with two attached hydrogens (primary N) is 1. The van der Waals surface area contributed by atoms with E-state index in [0.29, 0.717) is 13.1 Å². The number of imidazole rings is 1. The topological polar surface area (TPSA) is 82.2 Å². The number of carbonyl (C=O) groups is 1. The fourth-order valence-corrected chi connectivity index (χ4v) is 1.91. The summed E-state index contributed by atoms with van der Waals surface area (Å²) in [6.07, 6.45) is 6.65. The lowest BCUT2D eigenvalue weighted by Gasteiger charge is -2.12. The molecule has 6 nitrogen and oxygen atoms in total. The summed E-state index contributed by atoms with van der Waals surface area (Å²) in [5.41, 5.74) is 5.49. The molecule has 0 aromatic carbocycles. The summed E-state index contributed by atoms with van der Waals surface area (Å²) in [5, 5.41) is 2.85. The van der Waals surface area contributed by atoms with Gasteiger partial charge in [0.15, 0.2) is 0 Å². The predicted molar refractivity (Wildman–Crippen MR) is 76.7 cm³/mol. The number of ether oxygens (including phenoxy) is 1. The van der Waals surface area contributed by atoms with Crippen molar-refractivity contribution < 1.29 is 9.53 Å². The number of nitrogens with one attached hydrogen (secondary N) is 1. The van der Waals surface area contributed by atoms with Crippen molar-refractivity contribution in [1.82, 2.24) is 14.9 Å². The molecule has 8 heteroatoms. The van der Waals surface area contributed by atoms with Crippen molar-refractivity contribution in [2.45, 2.75) is 31.6 Å². The van der Waals surface area contributed by atoms with Gasteiger partial charge in [0.2, 0.25) is 5.91 Å². The maximum Gasteiger partial charge on any atom is 0.249 e. The van der Waals surface area contributed by atoms with Crippen LogP contribution in [-0.2, 0) is 16.1 Å². The first-order valence-corrected chi connectivity index (χ1v) is 5.88. The molecule has 1 aliphatic heterocycles. The summed E-state index contributed by atoms with van der Waals surface area (Å²) in [7, 11) is 0. The van der Waals surface area contributed by atoms with Crippen LogP contribution in [0.5, 0.6) is 0 Å². The highest BCUT2D eigenvalue weighted by Crippen LogP contribution is 2.18. The molecule has 0 unspecified atom stereocenters. The highest BCUT2D eigenvalue weighted by Gasteiger charge is 2.29. The third kappa shape index (κ3) is 5.36. The van der Waals surface area contributed by atoms with Crippen LogP contribution in [0, 0.1) is 0 Å². The number of amides is 1. The molecule has 2 heterocycles. The van der Waals surface area contributed by atoms with Crippen molar-refractivity contribution in [3.63, 3.8) is 0 Å². The number of hydrogen-bond acceptors (Lipinski definition) is 4. The number of rotatable bonds is 5. The second kappa shape index (κ2) is 9.14. The quantitative estimate of drug-likeness (QED) is 0.822. The lowest BCUT2D eigenvalue weighted by atomic mass is 10.2. The molecule has 1 amide bonds. The third-order valence-corrected chi connectivity index (χ3v) is 2.89. The van der Waals surface area contributed by atoms with E-state index < -0.39 is 0 Å². The van der Waals surface area contributed by atoms with Crippen LogP contribution < -0.4 is 11.1 Å². The normalized spacial score (nSPS) is 21.3. The van der Waals surface area contributed by atoms with Crippen LogP contribution in [0.1, 0.15) is 12.8 Å². The van der Waals surface area contributed by atoms with Gasteiger partial charge < -0.3 is 20.4 Å². The Morgan fingerprint density at radius 2 is 2.26 bits per heavy atom. The Bertz CT molecular complexity index is 362. The highest BCUT2D eigenvalue weighted by molar-refractivity contribution is 5.85.